The average molecular weight is 564 g/mol. The van der Waals surface area contributed by atoms with Gasteiger partial charge in [0.1, 0.15) is 18.3 Å². The van der Waals surface area contributed by atoms with Gasteiger partial charge in [0.2, 0.25) is 17.6 Å². The highest BCUT2D eigenvalue weighted by atomic mass is 32.1. The van der Waals surface area contributed by atoms with Crippen LogP contribution in [0.5, 0.6) is 0 Å². The van der Waals surface area contributed by atoms with E-state index in [9.17, 15) is 9.59 Å². The number of carbonyl (C=O) groups excluding carboxylic acids is 2. The lowest BCUT2D eigenvalue weighted by molar-refractivity contribution is -0.141. The largest absolute Gasteiger partial charge is 0.458 e. The number of benzene rings is 1. The summed E-state index contributed by atoms with van der Waals surface area (Å²) >= 11 is 1.45. The number of hydrogen-bond donors (Lipinski definition) is 1. The summed E-state index contributed by atoms with van der Waals surface area (Å²) in [6.07, 6.45) is 0.710. The van der Waals surface area contributed by atoms with Crippen LogP contribution in [-0.2, 0) is 27.4 Å². The van der Waals surface area contributed by atoms with E-state index in [0.717, 1.165) is 35.8 Å². The molecule has 5 rings (SSSR count). The molecule has 12 heteroatoms. The number of morpholine rings is 1. The number of aryl methyl sites for hydroxylation is 1. The molecule has 0 aliphatic carbocycles. The van der Waals surface area contributed by atoms with E-state index >= 15 is 0 Å². The monoisotopic (exact) mass is 563 g/mol. The SMILES string of the molecule is Cc1ccc(-c2nnn(CC(=O)N(CCCN3CCOCC3)C(C(=O)NCc3ccccc3)c3cccs3)n2)o1. The Labute approximate surface area is 236 Å². The average Bonchev–Trinajstić information content (AvgIpc) is 3.75. The summed E-state index contributed by atoms with van der Waals surface area (Å²) in [6.45, 7) is 6.38. The summed E-state index contributed by atoms with van der Waals surface area (Å²) in [4.78, 5) is 33.5. The molecule has 0 bridgehead atoms. The lowest BCUT2D eigenvalue weighted by atomic mass is 10.1. The molecule has 3 aromatic heterocycles. The molecule has 0 spiro atoms. The fourth-order valence-electron chi connectivity index (χ4n) is 4.62. The van der Waals surface area contributed by atoms with Gasteiger partial charge in [-0.3, -0.25) is 14.5 Å². The van der Waals surface area contributed by atoms with Gasteiger partial charge >= 0.3 is 0 Å². The van der Waals surface area contributed by atoms with Crippen molar-refractivity contribution in [3.8, 4) is 11.6 Å². The van der Waals surface area contributed by atoms with Crippen molar-refractivity contribution in [3.05, 3.63) is 76.2 Å². The molecule has 40 heavy (non-hydrogen) atoms. The van der Waals surface area contributed by atoms with Gasteiger partial charge in [-0.05, 0) is 47.7 Å². The number of carbonyl (C=O) groups is 2. The molecule has 1 atom stereocenters. The zero-order valence-electron chi connectivity index (χ0n) is 22.4. The van der Waals surface area contributed by atoms with Gasteiger partial charge in [-0.25, -0.2) is 0 Å². The smallest absolute Gasteiger partial charge is 0.248 e. The van der Waals surface area contributed by atoms with Crippen molar-refractivity contribution < 1.29 is 18.7 Å². The van der Waals surface area contributed by atoms with Crippen LogP contribution in [0.4, 0.5) is 0 Å². The summed E-state index contributed by atoms with van der Waals surface area (Å²) < 4.78 is 11.1. The molecular formula is C28H33N7O4S. The third-order valence-electron chi connectivity index (χ3n) is 6.67. The Kier molecular flexibility index (Phi) is 9.32. The molecule has 0 saturated carbocycles. The topological polar surface area (TPSA) is 119 Å². The predicted octanol–water partition coefficient (Wildman–Crippen LogP) is 2.91. The van der Waals surface area contributed by atoms with Crippen LogP contribution in [0.15, 0.2) is 64.4 Å². The van der Waals surface area contributed by atoms with E-state index in [-0.39, 0.29) is 18.4 Å². The Balaban J connectivity index is 1.34. The summed E-state index contributed by atoms with van der Waals surface area (Å²) in [5.74, 6) is 1.01. The van der Waals surface area contributed by atoms with Gasteiger partial charge in [0.05, 0.1) is 13.2 Å². The summed E-state index contributed by atoms with van der Waals surface area (Å²) in [7, 11) is 0. The normalized spacial score (nSPS) is 14.6. The zero-order valence-corrected chi connectivity index (χ0v) is 23.3. The minimum absolute atomic E-state index is 0.155. The van der Waals surface area contributed by atoms with E-state index in [1.807, 2.05) is 60.8 Å². The third kappa shape index (κ3) is 7.20. The van der Waals surface area contributed by atoms with Crippen LogP contribution in [0.1, 0.15) is 28.7 Å². The van der Waals surface area contributed by atoms with Gasteiger partial charge in [-0.1, -0.05) is 36.4 Å². The van der Waals surface area contributed by atoms with Crippen molar-refractivity contribution in [2.75, 3.05) is 39.4 Å². The van der Waals surface area contributed by atoms with Crippen molar-refractivity contribution in [2.45, 2.75) is 32.5 Å². The summed E-state index contributed by atoms with van der Waals surface area (Å²) in [5, 5.41) is 17.4. The molecule has 1 saturated heterocycles. The minimum atomic E-state index is -0.781. The van der Waals surface area contributed by atoms with E-state index in [1.165, 1.54) is 16.1 Å². The second-order valence-electron chi connectivity index (χ2n) is 9.57. The van der Waals surface area contributed by atoms with Crippen molar-refractivity contribution in [1.82, 2.24) is 35.3 Å². The van der Waals surface area contributed by atoms with Gasteiger partial charge in [0, 0.05) is 37.6 Å². The Bertz CT molecular complexity index is 1370. The maximum atomic E-state index is 13.8. The molecule has 210 valence electrons. The number of tetrazole rings is 1. The molecule has 1 N–H and O–H groups in total. The lowest BCUT2D eigenvalue weighted by Crippen LogP contribution is -2.46. The molecule has 4 heterocycles. The Hall–Kier alpha value is -3.87. The van der Waals surface area contributed by atoms with Crippen molar-refractivity contribution in [1.29, 1.82) is 0 Å². The second-order valence-corrected chi connectivity index (χ2v) is 10.5. The first-order valence-electron chi connectivity index (χ1n) is 13.4. The van der Waals surface area contributed by atoms with Crippen LogP contribution in [-0.4, -0.2) is 81.2 Å². The number of nitrogens with one attached hydrogen (secondary N) is 1. The first kappa shape index (κ1) is 27.7. The summed E-state index contributed by atoms with van der Waals surface area (Å²) in [5.41, 5.74) is 0.985. The number of ether oxygens (including phenoxy) is 1. The molecule has 2 amide bonds. The molecule has 1 fully saturated rings. The Morgan fingerprint density at radius 3 is 2.65 bits per heavy atom. The molecule has 1 aliphatic heterocycles. The molecule has 1 aromatic carbocycles. The fourth-order valence-corrected chi connectivity index (χ4v) is 5.45. The molecular weight excluding hydrogens is 530 g/mol. The zero-order chi connectivity index (χ0) is 27.7. The number of amides is 2. The number of furan rings is 1. The van der Waals surface area contributed by atoms with Gasteiger partial charge in [-0.15, -0.1) is 21.5 Å². The Morgan fingerprint density at radius 2 is 1.93 bits per heavy atom. The molecule has 11 nitrogen and oxygen atoms in total. The molecule has 1 unspecified atom stereocenters. The van der Waals surface area contributed by atoms with Crippen molar-refractivity contribution in [3.63, 3.8) is 0 Å². The number of rotatable bonds is 12. The van der Waals surface area contributed by atoms with E-state index < -0.39 is 6.04 Å². The van der Waals surface area contributed by atoms with Gasteiger partial charge < -0.3 is 19.4 Å². The Morgan fingerprint density at radius 1 is 1.10 bits per heavy atom. The fraction of sp³-hybridized carbons (Fsp3) is 0.393. The third-order valence-corrected chi connectivity index (χ3v) is 7.59. The van der Waals surface area contributed by atoms with Crippen LogP contribution in [0.25, 0.3) is 11.6 Å². The van der Waals surface area contributed by atoms with Crippen molar-refractivity contribution in [2.24, 2.45) is 0 Å². The predicted molar refractivity (Wildman–Crippen MR) is 149 cm³/mol. The van der Waals surface area contributed by atoms with E-state index in [4.69, 9.17) is 9.15 Å². The van der Waals surface area contributed by atoms with E-state index in [2.05, 4.69) is 25.6 Å². The number of hydrogen-bond acceptors (Lipinski definition) is 9. The maximum Gasteiger partial charge on any atom is 0.248 e. The standard InChI is InChI=1S/C28H33N7O4S/c1-21-10-11-23(39-21)27-30-32-35(31-27)20-25(36)34(13-6-12-33-14-16-38-17-15-33)26(24-9-5-18-40-24)28(37)29-19-22-7-3-2-4-8-22/h2-5,7-11,18,26H,6,12-17,19-20H2,1H3,(H,29,37). The van der Waals surface area contributed by atoms with Crippen LogP contribution < -0.4 is 5.32 Å². The summed E-state index contributed by atoms with van der Waals surface area (Å²) in [6, 6.07) is 16.3. The first-order valence-corrected chi connectivity index (χ1v) is 14.2. The molecule has 0 radical (unpaired) electrons. The lowest BCUT2D eigenvalue weighted by Gasteiger charge is -2.32. The minimum Gasteiger partial charge on any atom is -0.458 e. The van der Waals surface area contributed by atoms with E-state index in [1.54, 1.807) is 11.0 Å². The number of nitrogens with zero attached hydrogens (tertiary/aromatic N) is 6. The van der Waals surface area contributed by atoms with Crippen LogP contribution >= 0.6 is 11.3 Å². The van der Waals surface area contributed by atoms with Gasteiger partial charge in [0.15, 0.2) is 5.76 Å². The molecule has 1 aliphatic rings. The van der Waals surface area contributed by atoms with Gasteiger partial charge in [0.25, 0.3) is 0 Å². The van der Waals surface area contributed by atoms with E-state index in [0.29, 0.717) is 44.3 Å². The highest BCUT2D eigenvalue weighted by Crippen LogP contribution is 2.27. The second kappa shape index (κ2) is 13.5. The molecule has 4 aromatic rings. The van der Waals surface area contributed by atoms with Gasteiger partial charge in [-0.2, -0.15) is 4.80 Å². The first-order chi connectivity index (χ1) is 19.6. The van der Waals surface area contributed by atoms with Crippen LogP contribution in [0.2, 0.25) is 0 Å². The van der Waals surface area contributed by atoms with Crippen LogP contribution in [0.3, 0.4) is 0 Å². The highest BCUT2D eigenvalue weighted by Gasteiger charge is 2.32. The maximum absolute atomic E-state index is 13.8. The van der Waals surface area contributed by atoms with Crippen molar-refractivity contribution >= 4 is 23.2 Å². The number of thiophene rings is 1. The van der Waals surface area contributed by atoms with Crippen LogP contribution in [0, 0.1) is 6.92 Å². The highest BCUT2D eigenvalue weighted by molar-refractivity contribution is 7.10. The quantitative estimate of drug-likeness (QED) is 0.280. The number of aromatic nitrogens is 4.